The van der Waals surface area contributed by atoms with Gasteiger partial charge in [0.1, 0.15) is 5.75 Å². The molecular weight excluding hydrogens is 236 g/mol. The summed E-state index contributed by atoms with van der Waals surface area (Å²) >= 11 is 0. The largest absolute Gasteiger partial charge is 0.497 e. The molecule has 0 amide bonds. The van der Waals surface area contributed by atoms with Gasteiger partial charge in [0.05, 0.1) is 7.11 Å². The van der Waals surface area contributed by atoms with Crippen LogP contribution in [0.4, 0.5) is 0 Å². The van der Waals surface area contributed by atoms with Gasteiger partial charge < -0.3 is 14.6 Å². The van der Waals surface area contributed by atoms with Crippen molar-refractivity contribution < 1.29 is 4.74 Å². The topological polar surface area (TPSA) is 26.2 Å². The molecule has 1 aliphatic rings. The van der Waals surface area contributed by atoms with Gasteiger partial charge in [-0.1, -0.05) is 6.42 Å². The predicted molar refractivity (Wildman–Crippen MR) is 78.8 cm³/mol. The number of nitrogens with zero attached hydrogens (tertiary/aromatic N) is 1. The summed E-state index contributed by atoms with van der Waals surface area (Å²) in [4.78, 5) is 0. The highest BCUT2D eigenvalue weighted by Crippen LogP contribution is 2.34. The lowest BCUT2D eigenvalue weighted by atomic mass is 9.99. The Morgan fingerprint density at radius 1 is 1.32 bits per heavy atom. The van der Waals surface area contributed by atoms with Crippen molar-refractivity contribution >= 4 is 10.9 Å². The average Bonchev–Trinajstić information content (AvgIpc) is 2.71. The second-order valence-corrected chi connectivity index (χ2v) is 5.45. The highest BCUT2D eigenvalue weighted by Gasteiger charge is 2.22. The molecule has 0 bridgehead atoms. The predicted octanol–water partition coefficient (Wildman–Crippen LogP) is 3.31. The molecule has 0 radical (unpaired) electrons. The van der Waals surface area contributed by atoms with Crippen LogP contribution in [-0.4, -0.2) is 18.2 Å². The van der Waals surface area contributed by atoms with Crippen molar-refractivity contribution in [2.45, 2.75) is 32.2 Å². The minimum atomic E-state index is 0.497. The Hall–Kier alpha value is -1.48. The normalized spacial score (nSPS) is 19.8. The molecule has 3 rings (SSSR count). The lowest BCUT2D eigenvalue weighted by molar-refractivity contribution is 0.398. The number of fused-ring (bicyclic) bond motifs is 1. The molecule has 102 valence electrons. The Morgan fingerprint density at radius 2 is 2.16 bits per heavy atom. The summed E-state index contributed by atoms with van der Waals surface area (Å²) in [6, 6.07) is 6.85. The smallest absolute Gasteiger partial charge is 0.119 e. The molecule has 0 saturated carbocycles. The van der Waals surface area contributed by atoms with E-state index in [0.29, 0.717) is 6.04 Å². The molecule has 1 atom stereocenters. The molecule has 1 fully saturated rings. The van der Waals surface area contributed by atoms with Crippen LogP contribution in [0, 0.1) is 6.92 Å². The zero-order valence-electron chi connectivity index (χ0n) is 12.0. The summed E-state index contributed by atoms with van der Waals surface area (Å²) in [7, 11) is 3.90. The van der Waals surface area contributed by atoms with Crippen LogP contribution in [0.1, 0.15) is 36.6 Å². The summed E-state index contributed by atoms with van der Waals surface area (Å²) < 4.78 is 7.69. The highest BCUT2D eigenvalue weighted by atomic mass is 16.5. The molecule has 3 nitrogen and oxygen atoms in total. The number of aryl methyl sites for hydroxylation is 2. The van der Waals surface area contributed by atoms with Gasteiger partial charge in [0, 0.05) is 29.7 Å². The SMILES string of the molecule is COc1ccc2c(c1)c(C)c(C1CCCCN1)n2C. The quantitative estimate of drug-likeness (QED) is 0.894. The van der Waals surface area contributed by atoms with Gasteiger partial charge >= 0.3 is 0 Å². The van der Waals surface area contributed by atoms with E-state index in [-0.39, 0.29) is 0 Å². The average molecular weight is 258 g/mol. The van der Waals surface area contributed by atoms with E-state index in [0.717, 1.165) is 12.3 Å². The van der Waals surface area contributed by atoms with E-state index in [9.17, 15) is 0 Å². The Balaban J connectivity index is 2.13. The van der Waals surface area contributed by atoms with E-state index < -0.39 is 0 Å². The van der Waals surface area contributed by atoms with Crippen molar-refractivity contribution in [3.05, 3.63) is 29.5 Å². The minimum Gasteiger partial charge on any atom is -0.497 e. The zero-order valence-corrected chi connectivity index (χ0v) is 12.0. The summed E-state index contributed by atoms with van der Waals surface area (Å²) in [6.07, 6.45) is 3.86. The van der Waals surface area contributed by atoms with E-state index in [2.05, 4.69) is 36.0 Å². The van der Waals surface area contributed by atoms with Crippen molar-refractivity contribution in [3.8, 4) is 5.75 Å². The van der Waals surface area contributed by atoms with Gasteiger partial charge in [0.15, 0.2) is 0 Å². The van der Waals surface area contributed by atoms with Gasteiger partial charge in [-0.05, 0) is 50.1 Å². The number of benzene rings is 1. The van der Waals surface area contributed by atoms with Gasteiger partial charge in [-0.15, -0.1) is 0 Å². The first-order chi connectivity index (χ1) is 9.22. The van der Waals surface area contributed by atoms with Gasteiger partial charge in [-0.25, -0.2) is 0 Å². The molecule has 1 aromatic carbocycles. The number of aromatic nitrogens is 1. The van der Waals surface area contributed by atoms with Crippen LogP contribution in [0.15, 0.2) is 18.2 Å². The number of methoxy groups -OCH3 is 1. The number of hydrogen-bond donors (Lipinski definition) is 1. The van der Waals surface area contributed by atoms with Crippen molar-refractivity contribution in [1.82, 2.24) is 9.88 Å². The molecular formula is C16H22N2O. The van der Waals surface area contributed by atoms with Crippen LogP contribution in [0.3, 0.4) is 0 Å². The standard InChI is InChI=1S/C16H22N2O/c1-11-13-10-12(19-3)7-8-15(13)18(2)16(11)14-6-4-5-9-17-14/h7-8,10,14,17H,4-6,9H2,1-3H3. The Kier molecular flexibility index (Phi) is 3.23. The molecule has 1 unspecified atom stereocenters. The molecule has 2 heterocycles. The van der Waals surface area contributed by atoms with E-state index in [1.165, 1.54) is 41.4 Å². The molecule has 3 heteroatoms. The minimum absolute atomic E-state index is 0.497. The third-order valence-corrected chi connectivity index (χ3v) is 4.36. The number of rotatable bonds is 2. The van der Waals surface area contributed by atoms with Gasteiger partial charge in [-0.2, -0.15) is 0 Å². The van der Waals surface area contributed by atoms with Crippen molar-refractivity contribution in [1.29, 1.82) is 0 Å². The summed E-state index contributed by atoms with van der Waals surface area (Å²) in [5, 5.41) is 4.96. The van der Waals surface area contributed by atoms with Crippen LogP contribution < -0.4 is 10.1 Å². The number of hydrogen-bond acceptors (Lipinski definition) is 2. The van der Waals surface area contributed by atoms with Crippen molar-refractivity contribution in [2.24, 2.45) is 7.05 Å². The summed E-state index contributed by atoms with van der Waals surface area (Å²) in [5.41, 5.74) is 4.11. The second kappa shape index (κ2) is 4.89. The highest BCUT2D eigenvalue weighted by molar-refractivity contribution is 5.86. The van der Waals surface area contributed by atoms with Crippen molar-refractivity contribution in [2.75, 3.05) is 13.7 Å². The van der Waals surface area contributed by atoms with Gasteiger partial charge in [-0.3, -0.25) is 0 Å². The third-order valence-electron chi connectivity index (χ3n) is 4.36. The maximum absolute atomic E-state index is 5.35. The Labute approximate surface area is 114 Å². The van der Waals surface area contributed by atoms with Gasteiger partial charge in [0.25, 0.3) is 0 Å². The molecule has 1 saturated heterocycles. The van der Waals surface area contributed by atoms with Crippen LogP contribution in [-0.2, 0) is 7.05 Å². The molecule has 0 spiro atoms. The van der Waals surface area contributed by atoms with E-state index in [4.69, 9.17) is 4.74 Å². The van der Waals surface area contributed by atoms with E-state index in [1.54, 1.807) is 7.11 Å². The molecule has 2 aromatic rings. The Morgan fingerprint density at radius 3 is 2.84 bits per heavy atom. The van der Waals surface area contributed by atoms with Gasteiger partial charge in [0.2, 0.25) is 0 Å². The lowest BCUT2D eigenvalue weighted by Crippen LogP contribution is -2.28. The van der Waals surface area contributed by atoms with Crippen LogP contribution in [0.2, 0.25) is 0 Å². The monoisotopic (exact) mass is 258 g/mol. The Bertz CT molecular complexity index is 594. The van der Waals surface area contributed by atoms with Crippen LogP contribution in [0.25, 0.3) is 10.9 Å². The first kappa shape index (κ1) is 12.5. The zero-order chi connectivity index (χ0) is 13.4. The fourth-order valence-corrected chi connectivity index (χ4v) is 3.33. The molecule has 0 aliphatic carbocycles. The molecule has 19 heavy (non-hydrogen) atoms. The van der Waals surface area contributed by atoms with E-state index in [1.807, 2.05) is 6.07 Å². The lowest BCUT2D eigenvalue weighted by Gasteiger charge is -2.25. The maximum Gasteiger partial charge on any atom is 0.119 e. The summed E-state index contributed by atoms with van der Waals surface area (Å²) in [5.74, 6) is 0.935. The fraction of sp³-hybridized carbons (Fsp3) is 0.500. The first-order valence-electron chi connectivity index (χ1n) is 7.08. The maximum atomic E-state index is 5.35. The third kappa shape index (κ3) is 2.02. The number of ether oxygens (including phenoxy) is 1. The van der Waals surface area contributed by atoms with E-state index >= 15 is 0 Å². The second-order valence-electron chi connectivity index (χ2n) is 5.45. The fourth-order valence-electron chi connectivity index (χ4n) is 3.33. The van der Waals surface area contributed by atoms with Crippen LogP contribution in [0.5, 0.6) is 5.75 Å². The number of nitrogens with one attached hydrogen (secondary N) is 1. The van der Waals surface area contributed by atoms with Crippen LogP contribution >= 0.6 is 0 Å². The first-order valence-corrected chi connectivity index (χ1v) is 7.08. The van der Waals surface area contributed by atoms with Crippen molar-refractivity contribution in [3.63, 3.8) is 0 Å². The molecule has 1 aliphatic heterocycles. The molecule has 1 aromatic heterocycles. The summed E-state index contributed by atoms with van der Waals surface area (Å²) in [6.45, 7) is 3.36. The molecule has 1 N–H and O–H groups in total. The number of piperidine rings is 1.